The summed E-state index contributed by atoms with van der Waals surface area (Å²) in [6.07, 6.45) is 1.65. The Balaban J connectivity index is 1.42. The van der Waals surface area contributed by atoms with E-state index in [4.69, 9.17) is 9.47 Å². The Morgan fingerprint density at radius 1 is 1.03 bits per heavy atom. The molecule has 2 aromatic carbocycles. The summed E-state index contributed by atoms with van der Waals surface area (Å²) in [5, 5.41) is 12.1. The smallest absolute Gasteiger partial charge is 0.407 e. The van der Waals surface area contributed by atoms with Crippen LogP contribution in [0.3, 0.4) is 0 Å². The van der Waals surface area contributed by atoms with Crippen LogP contribution < -0.4 is 10.1 Å². The van der Waals surface area contributed by atoms with Crippen molar-refractivity contribution in [3.05, 3.63) is 83.6 Å². The van der Waals surface area contributed by atoms with Gasteiger partial charge in [-0.15, -0.1) is 0 Å². The van der Waals surface area contributed by atoms with Gasteiger partial charge in [-0.2, -0.15) is 0 Å². The van der Waals surface area contributed by atoms with Crippen molar-refractivity contribution in [2.75, 3.05) is 13.2 Å². The molecule has 7 heteroatoms. The van der Waals surface area contributed by atoms with Gasteiger partial charge in [-0.3, -0.25) is 0 Å². The first kappa shape index (κ1) is 22.3. The first-order valence-corrected chi connectivity index (χ1v) is 11.0. The third-order valence-electron chi connectivity index (χ3n) is 5.65. The fraction of sp³-hybridized carbons (Fsp3) is 0.269. The molecule has 3 aromatic rings. The zero-order valence-electron chi connectivity index (χ0n) is 18.4. The van der Waals surface area contributed by atoms with Crippen molar-refractivity contribution < 1.29 is 24.2 Å². The lowest BCUT2D eigenvalue weighted by atomic mass is 9.98. The van der Waals surface area contributed by atoms with E-state index in [1.54, 1.807) is 18.3 Å². The van der Waals surface area contributed by atoms with E-state index in [2.05, 4.69) is 22.4 Å². The second-order valence-electron chi connectivity index (χ2n) is 7.88. The Bertz CT molecular complexity index is 1100. The van der Waals surface area contributed by atoms with E-state index in [0.29, 0.717) is 18.1 Å². The van der Waals surface area contributed by atoms with Gasteiger partial charge < -0.3 is 19.9 Å². The number of carbonyl (C=O) groups excluding carboxylic acids is 1. The molecule has 1 amide bonds. The number of nitrogens with one attached hydrogen (secondary N) is 1. The molecule has 0 spiro atoms. The number of pyridine rings is 1. The SMILES string of the molecule is CCCOc1ncccc1CC(NC(=O)OCC1c2ccccc2-c2ccccc21)C(=O)O. The lowest BCUT2D eigenvalue weighted by molar-refractivity contribution is -0.139. The van der Waals surface area contributed by atoms with Crippen LogP contribution in [0.15, 0.2) is 66.9 Å². The van der Waals surface area contributed by atoms with Crippen molar-refractivity contribution >= 4 is 12.1 Å². The van der Waals surface area contributed by atoms with Gasteiger partial charge in [0.05, 0.1) is 6.61 Å². The number of rotatable bonds is 9. The number of fused-ring (bicyclic) bond motifs is 3. The van der Waals surface area contributed by atoms with Crippen LogP contribution in [0.5, 0.6) is 5.88 Å². The predicted octanol–water partition coefficient (Wildman–Crippen LogP) is 4.40. The van der Waals surface area contributed by atoms with Crippen molar-refractivity contribution in [3.63, 3.8) is 0 Å². The summed E-state index contributed by atoms with van der Waals surface area (Å²) in [7, 11) is 0. The lowest BCUT2D eigenvalue weighted by Crippen LogP contribution is -2.43. The van der Waals surface area contributed by atoms with E-state index in [-0.39, 0.29) is 18.9 Å². The highest BCUT2D eigenvalue weighted by Crippen LogP contribution is 2.44. The highest BCUT2D eigenvalue weighted by atomic mass is 16.5. The number of carbonyl (C=O) groups is 2. The third-order valence-corrected chi connectivity index (χ3v) is 5.65. The second kappa shape index (κ2) is 10.2. The van der Waals surface area contributed by atoms with E-state index < -0.39 is 18.1 Å². The molecule has 4 rings (SSSR count). The summed E-state index contributed by atoms with van der Waals surface area (Å²) in [4.78, 5) is 28.5. The maximum absolute atomic E-state index is 12.5. The summed E-state index contributed by atoms with van der Waals surface area (Å²) in [5.41, 5.74) is 5.05. The molecule has 0 saturated carbocycles. The predicted molar refractivity (Wildman–Crippen MR) is 123 cm³/mol. The number of aromatic nitrogens is 1. The van der Waals surface area contributed by atoms with Gasteiger partial charge in [-0.25, -0.2) is 14.6 Å². The number of carboxylic acids is 1. The van der Waals surface area contributed by atoms with Gasteiger partial charge in [0.25, 0.3) is 0 Å². The molecular weight excluding hydrogens is 420 g/mol. The quantitative estimate of drug-likeness (QED) is 0.505. The normalized spacial score (nSPS) is 13.0. The number of carboxylic acid groups (broad SMARTS) is 1. The van der Waals surface area contributed by atoms with Gasteiger partial charge in [-0.1, -0.05) is 61.5 Å². The third kappa shape index (κ3) is 4.98. The topological polar surface area (TPSA) is 97.8 Å². The summed E-state index contributed by atoms with van der Waals surface area (Å²) >= 11 is 0. The Morgan fingerprint density at radius 3 is 2.33 bits per heavy atom. The average Bonchev–Trinajstić information content (AvgIpc) is 3.15. The molecule has 0 radical (unpaired) electrons. The van der Waals surface area contributed by atoms with Crippen LogP contribution in [0, 0.1) is 0 Å². The van der Waals surface area contributed by atoms with Crippen LogP contribution in [0.2, 0.25) is 0 Å². The number of aliphatic carboxylic acids is 1. The zero-order chi connectivity index (χ0) is 23.2. The Labute approximate surface area is 192 Å². The van der Waals surface area contributed by atoms with Gasteiger partial charge >= 0.3 is 12.1 Å². The molecule has 1 aliphatic rings. The first-order valence-electron chi connectivity index (χ1n) is 11.0. The number of alkyl carbamates (subject to hydrolysis) is 1. The standard InChI is InChI=1S/C26H26N2O5/c1-2-14-32-24-17(8-7-13-27-24)15-23(25(29)30)28-26(31)33-16-22-20-11-5-3-9-18(20)19-10-4-6-12-21(19)22/h3-13,22-23H,2,14-16H2,1H3,(H,28,31)(H,29,30). The van der Waals surface area contributed by atoms with Gasteiger partial charge in [0.2, 0.25) is 5.88 Å². The van der Waals surface area contributed by atoms with Gasteiger partial charge in [0.1, 0.15) is 12.6 Å². The van der Waals surface area contributed by atoms with Gasteiger partial charge in [0.15, 0.2) is 0 Å². The fourth-order valence-corrected chi connectivity index (χ4v) is 4.11. The highest BCUT2D eigenvalue weighted by Gasteiger charge is 2.30. The van der Waals surface area contributed by atoms with E-state index in [9.17, 15) is 14.7 Å². The fourth-order valence-electron chi connectivity index (χ4n) is 4.11. The summed E-state index contributed by atoms with van der Waals surface area (Å²) in [6.45, 7) is 2.56. The zero-order valence-corrected chi connectivity index (χ0v) is 18.4. The number of benzene rings is 2. The average molecular weight is 447 g/mol. The van der Waals surface area contributed by atoms with E-state index in [1.165, 1.54) is 0 Å². The molecule has 1 atom stereocenters. The Morgan fingerprint density at radius 2 is 1.70 bits per heavy atom. The molecule has 170 valence electrons. The van der Waals surface area contributed by atoms with Crippen LogP contribution in [0.1, 0.15) is 36.0 Å². The van der Waals surface area contributed by atoms with E-state index in [1.807, 2.05) is 43.3 Å². The molecule has 1 heterocycles. The molecule has 33 heavy (non-hydrogen) atoms. The molecule has 1 unspecified atom stereocenters. The van der Waals surface area contributed by atoms with Crippen LogP contribution in [-0.2, 0) is 16.0 Å². The minimum absolute atomic E-state index is 0.0341. The summed E-state index contributed by atoms with van der Waals surface area (Å²) in [5.74, 6) is -0.882. The minimum Gasteiger partial charge on any atom is -0.480 e. The number of amides is 1. The van der Waals surface area contributed by atoms with E-state index >= 15 is 0 Å². The molecule has 1 aliphatic carbocycles. The van der Waals surface area contributed by atoms with Crippen LogP contribution in [0.4, 0.5) is 4.79 Å². The van der Waals surface area contributed by atoms with Crippen molar-refractivity contribution in [1.82, 2.24) is 10.3 Å². The number of ether oxygens (including phenoxy) is 2. The maximum Gasteiger partial charge on any atom is 0.407 e. The molecule has 0 bridgehead atoms. The van der Waals surface area contributed by atoms with Crippen molar-refractivity contribution in [2.24, 2.45) is 0 Å². The molecule has 0 fully saturated rings. The number of nitrogens with zero attached hydrogens (tertiary/aromatic N) is 1. The molecule has 2 N–H and O–H groups in total. The molecule has 0 aliphatic heterocycles. The van der Waals surface area contributed by atoms with Crippen molar-refractivity contribution in [1.29, 1.82) is 0 Å². The lowest BCUT2D eigenvalue weighted by Gasteiger charge is -2.18. The van der Waals surface area contributed by atoms with Gasteiger partial charge in [0, 0.05) is 24.1 Å². The first-order chi connectivity index (χ1) is 16.1. The largest absolute Gasteiger partial charge is 0.480 e. The van der Waals surface area contributed by atoms with Crippen molar-refractivity contribution in [2.45, 2.75) is 31.7 Å². The van der Waals surface area contributed by atoms with Crippen molar-refractivity contribution in [3.8, 4) is 17.0 Å². The molecule has 7 nitrogen and oxygen atoms in total. The highest BCUT2D eigenvalue weighted by molar-refractivity contribution is 5.81. The number of hydrogen-bond donors (Lipinski definition) is 2. The number of hydrogen-bond acceptors (Lipinski definition) is 5. The second-order valence-corrected chi connectivity index (χ2v) is 7.88. The minimum atomic E-state index is -1.17. The summed E-state index contributed by atoms with van der Waals surface area (Å²) in [6, 6.07) is 18.3. The van der Waals surface area contributed by atoms with Crippen LogP contribution >= 0.6 is 0 Å². The van der Waals surface area contributed by atoms with Crippen LogP contribution in [0.25, 0.3) is 11.1 Å². The summed E-state index contributed by atoms with van der Waals surface area (Å²) < 4.78 is 11.1. The van der Waals surface area contributed by atoms with Crippen LogP contribution in [-0.4, -0.2) is 41.4 Å². The molecule has 1 aromatic heterocycles. The van der Waals surface area contributed by atoms with Gasteiger partial charge in [-0.05, 0) is 34.7 Å². The Kier molecular flexibility index (Phi) is 6.88. The molecule has 0 saturated heterocycles. The van der Waals surface area contributed by atoms with E-state index in [0.717, 1.165) is 28.7 Å². The maximum atomic E-state index is 12.5. The Hall–Kier alpha value is -3.87. The monoisotopic (exact) mass is 446 g/mol. The molecular formula is C26H26N2O5.